The second-order valence-electron chi connectivity index (χ2n) is 6.27. The number of benzene rings is 2. The summed E-state index contributed by atoms with van der Waals surface area (Å²) in [6.07, 6.45) is 0. The average Bonchev–Trinajstić information content (AvgIpc) is 2.97. The van der Waals surface area contributed by atoms with Gasteiger partial charge in [-0.2, -0.15) is 5.10 Å². The predicted molar refractivity (Wildman–Crippen MR) is 107 cm³/mol. The van der Waals surface area contributed by atoms with Gasteiger partial charge < -0.3 is 5.32 Å². The van der Waals surface area contributed by atoms with Gasteiger partial charge in [-0.05, 0) is 60.1 Å². The standard InChI is InChI=1S/C19H19ClN4OS/c1-12(2)13-5-9-16(10-6-13)21-17(25)11-24-18(22-23-19(24)26)14-3-7-15(20)8-4-14/h3-10,12H,11H2,1-2H3,(H,21,25)(H,23,26). The average molecular weight is 387 g/mol. The number of hydrogen-bond acceptors (Lipinski definition) is 3. The van der Waals surface area contributed by atoms with Crippen LogP contribution in [-0.4, -0.2) is 20.7 Å². The Kier molecular flexibility index (Phi) is 5.54. The molecule has 0 aliphatic carbocycles. The van der Waals surface area contributed by atoms with E-state index in [1.54, 1.807) is 16.7 Å². The zero-order valence-electron chi connectivity index (χ0n) is 14.5. The zero-order valence-corrected chi connectivity index (χ0v) is 16.1. The minimum Gasteiger partial charge on any atom is -0.325 e. The highest BCUT2D eigenvalue weighted by atomic mass is 35.5. The number of amides is 1. The number of anilines is 1. The molecule has 0 saturated carbocycles. The van der Waals surface area contributed by atoms with Gasteiger partial charge in [-0.3, -0.25) is 14.5 Å². The normalized spacial score (nSPS) is 10.9. The van der Waals surface area contributed by atoms with E-state index in [9.17, 15) is 4.79 Å². The fourth-order valence-electron chi connectivity index (χ4n) is 2.58. The third kappa shape index (κ3) is 4.20. The van der Waals surface area contributed by atoms with E-state index in [0.29, 0.717) is 21.5 Å². The molecule has 3 rings (SSSR count). The minimum atomic E-state index is -0.171. The summed E-state index contributed by atoms with van der Waals surface area (Å²) in [6.45, 7) is 4.33. The maximum Gasteiger partial charge on any atom is 0.244 e. The fraction of sp³-hybridized carbons (Fsp3) is 0.211. The van der Waals surface area contributed by atoms with Crippen LogP contribution in [0.3, 0.4) is 0 Å². The Morgan fingerprint density at radius 1 is 1.19 bits per heavy atom. The molecule has 0 spiro atoms. The highest BCUT2D eigenvalue weighted by Gasteiger charge is 2.13. The zero-order chi connectivity index (χ0) is 18.7. The molecule has 0 unspecified atom stereocenters. The van der Waals surface area contributed by atoms with E-state index in [2.05, 4.69) is 29.4 Å². The van der Waals surface area contributed by atoms with Crippen molar-refractivity contribution < 1.29 is 4.79 Å². The van der Waals surface area contributed by atoms with Gasteiger partial charge in [-0.15, -0.1) is 0 Å². The highest BCUT2D eigenvalue weighted by Crippen LogP contribution is 2.20. The first-order valence-corrected chi connectivity index (χ1v) is 9.03. The number of halogens is 1. The summed E-state index contributed by atoms with van der Waals surface area (Å²) in [7, 11) is 0. The van der Waals surface area contributed by atoms with Gasteiger partial charge in [0.15, 0.2) is 10.6 Å². The molecule has 2 N–H and O–H groups in total. The molecule has 0 atom stereocenters. The Bertz CT molecular complexity index is 958. The van der Waals surface area contributed by atoms with Crippen LogP contribution in [0.25, 0.3) is 11.4 Å². The second-order valence-corrected chi connectivity index (χ2v) is 7.09. The van der Waals surface area contributed by atoms with Crippen LogP contribution in [0.1, 0.15) is 25.3 Å². The van der Waals surface area contributed by atoms with Gasteiger partial charge in [-0.1, -0.05) is 37.6 Å². The van der Waals surface area contributed by atoms with Gasteiger partial charge in [-0.25, -0.2) is 0 Å². The Balaban J connectivity index is 1.76. The Hall–Kier alpha value is -2.44. The number of nitrogens with zero attached hydrogens (tertiary/aromatic N) is 2. The lowest BCUT2D eigenvalue weighted by molar-refractivity contribution is -0.116. The van der Waals surface area contributed by atoms with Crippen LogP contribution < -0.4 is 5.32 Å². The molecular formula is C19H19ClN4OS. The smallest absolute Gasteiger partial charge is 0.244 e. The van der Waals surface area contributed by atoms with Crippen molar-refractivity contribution in [2.45, 2.75) is 26.3 Å². The van der Waals surface area contributed by atoms with Crippen LogP contribution in [-0.2, 0) is 11.3 Å². The van der Waals surface area contributed by atoms with Crippen LogP contribution in [0.2, 0.25) is 5.02 Å². The van der Waals surface area contributed by atoms with Crippen molar-refractivity contribution in [1.29, 1.82) is 0 Å². The summed E-state index contributed by atoms with van der Waals surface area (Å²) in [5, 5.41) is 10.5. The second kappa shape index (κ2) is 7.85. The lowest BCUT2D eigenvalue weighted by Gasteiger charge is -2.10. The number of rotatable bonds is 5. The molecule has 1 amide bonds. The molecule has 0 aliphatic rings. The summed E-state index contributed by atoms with van der Waals surface area (Å²) in [6, 6.07) is 15.1. The monoisotopic (exact) mass is 386 g/mol. The van der Waals surface area contributed by atoms with Crippen LogP contribution in [0.5, 0.6) is 0 Å². The molecule has 0 aliphatic heterocycles. The van der Waals surface area contributed by atoms with E-state index in [0.717, 1.165) is 11.3 Å². The van der Waals surface area contributed by atoms with Gasteiger partial charge in [0.2, 0.25) is 5.91 Å². The fourth-order valence-corrected chi connectivity index (χ4v) is 2.90. The van der Waals surface area contributed by atoms with Crippen molar-refractivity contribution in [3.05, 3.63) is 63.9 Å². The van der Waals surface area contributed by atoms with E-state index >= 15 is 0 Å². The summed E-state index contributed by atoms with van der Waals surface area (Å²) < 4.78 is 2.05. The van der Waals surface area contributed by atoms with Gasteiger partial charge in [0.25, 0.3) is 0 Å². The molecule has 0 radical (unpaired) electrons. The number of aromatic nitrogens is 3. The minimum absolute atomic E-state index is 0.0687. The van der Waals surface area contributed by atoms with E-state index in [1.807, 2.05) is 36.4 Å². The van der Waals surface area contributed by atoms with Gasteiger partial charge in [0.05, 0.1) is 0 Å². The molecule has 134 valence electrons. The first-order chi connectivity index (χ1) is 12.4. The molecule has 0 fully saturated rings. The largest absolute Gasteiger partial charge is 0.325 e. The summed E-state index contributed by atoms with van der Waals surface area (Å²) in [4.78, 5) is 12.4. The number of nitrogens with one attached hydrogen (secondary N) is 2. The first-order valence-electron chi connectivity index (χ1n) is 8.25. The van der Waals surface area contributed by atoms with E-state index in [-0.39, 0.29) is 12.5 Å². The van der Waals surface area contributed by atoms with Crippen molar-refractivity contribution in [3.8, 4) is 11.4 Å². The first kappa shape index (κ1) is 18.4. The van der Waals surface area contributed by atoms with Crippen molar-refractivity contribution in [2.75, 3.05) is 5.32 Å². The molecule has 1 aromatic heterocycles. The highest BCUT2D eigenvalue weighted by molar-refractivity contribution is 7.71. The number of carbonyl (C=O) groups excluding carboxylic acids is 1. The number of hydrogen-bond donors (Lipinski definition) is 2. The third-order valence-corrected chi connectivity index (χ3v) is 4.59. The lowest BCUT2D eigenvalue weighted by atomic mass is 10.0. The summed E-state index contributed by atoms with van der Waals surface area (Å²) >= 11 is 11.2. The van der Waals surface area contributed by atoms with Gasteiger partial charge in [0, 0.05) is 16.3 Å². The molecule has 26 heavy (non-hydrogen) atoms. The van der Waals surface area contributed by atoms with Crippen LogP contribution in [0.15, 0.2) is 48.5 Å². The van der Waals surface area contributed by atoms with Crippen LogP contribution in [0.4, 0.5) is 5.69 Å². The Morgan fingerprint density at radius 3 is 2.46 bits per heavy atom. The molecule has 3 aromatic rings. The molecule has 0 saturated heterocycles. The lowest BCUT2D eigenvalue weighted by Crippen LogP contribution is -2.19. The van der Waals surface area contributed by atoms with Crippen molar-refractivity contribution >= 4 is 35.4 Å². The predicted octanol–water partition coefficient (Wildman–Crippen LogP) is 5.02. The summed E-state index contributed by atoms with van der Waals surface area (Å²) in [5.41, 5.74) is 2.81. The van der Waals surface area contributed by atoms with Crippen molar-refractivity contribution in [2.24, 2.45) is 0 Å². The van der Waals surface area contributed by atoms with Gasteiger partial charge in [0.1, 0.15) is 6.54 Å². The number of aromatic amines is 1. The Morgan fingerprint density at radius 2 is 1.85 bits per heavy atom. The topological polar surface area (TPSA) is 62.7 Å². The molecule has 2 aromatic carbocycles. The quantitative estimate of drug-likeness (QED) is 0.605. The van der Waals surface area contributed by atoms with Gasteiger partial charge >= 0.3 is 0 Å². The van der Waals surface area contributed by atoms with Crippen molar-refractivity contribution in [1.82, 2.24) is 14.8 Å². The van der Waals surface area contributed by atoms with Crippen LogP contribution in [0, 0.1) is 4.77 Å². The Labute approximate surface area is 162 Å². The van der Waals surface area contributed by atoms with Crippen LogP contribution >= 0.6 is 23.8 Å². The van der Waals surface area contributed by atoms with E-state index in [4.69, 9.17) is 23.8 Å². The number of carbonyl (C=O) groups is 1. The summed E-state index contributed by atoms with van der Waals surface area (Å²) in [5.74, 6) is 0.873. The SMILES string of the molecule is CC(C)c1ccc(NC(=O)Cn2c(-c3ccc(Cl)cc3)n[nH]c2=S)cc1. The van der Waals surface area contributed by atoms with E-state index < -0.39 is 0 Å². The third-order valence-electron chi connectivity index (χ3n) is 4.02. The molecule has 5 nitrogen and oxygen atoms in total. The van der Waals surface area contributed by atoms with E-state index in [1.165, 1.54) is 5.56 Å². The maximum atomic E-state index is 12.4. The van der Waals surface area contributed by atoms with Crippen molar-refractivity contribution in [3.63, 3.8) is 0 Å². The molecule has 0 bridgehead atoms. The number of H-pyrrole nitrogens is 1. The molecular weight excluding hydrogens is 368 g/mol. The molecule has 7 heteroatoms. The molecule has 1 heterocycles. The maximum absolute atomic E-state index is 12.4.